The lowest BCUT2D eigenvalue weighted by Crippen LogP contribution is -2.74. The van der Waals surface area contributed by atoms with Gasteiger partial charge in [0.05, 0.1) is 77.7 Å². The number of para-hydroxylation sites is 5. The highest BCUT2D eigenvalue weighted by Gasteiger charge is 2.64. The molecule has 12 nitrogen and oxygen atoms in total. The van der Waals surface area contributed by atoms with Gasteiger partial charge in [0, 0.05) is 93.0 Å². The molecule has 0 amide bonds. The van der Waals surface area contributed by atoms with Crippen molar-refractivity contribution in [3.63, 3.8) is 0 Å². The first kappa shape index (κ1) is 85.8. The number of carbonyl (C=O) groups is 2. The van der Waals surface area contributed by atoms with E-state index in [1.54, 1.807) is 23.0 Å². The SMILES string of the molecule is CC(=O)n1c2ccccc2c2cc(B3OC(C)(C)C(C)(C)O3)ccc21.CC(=O)n1c2ccccc2c2cc(Br)ccc21.CC1(C)OB(B2OC(C)(C)C(C)(C)O2)OC1(C)C.c1ccc([Si](c2ccccc2)(c2cccc(-n3c4ccccc4c4cc(-c5cccc(-c6cccc(-n7c8ccccc8c8ccccc87)c6)c5)ccc43)c2)c2cccc3c2sc2ccccc23)cc1. The average Bonchev–Trinajstić information content (AvgIpc) is 1.25. The van der Waals surface area contributed by atoms with Crippen LogP contribution in [0.2, 0.25) is 0 Å². The summed E-state index contributed by atoms with van der Waals surface area (Å²) in [6, 6.07) is 128. The molecule has 3 aliphatic rings. The molecule has 3 saturated heterocycles. The van der Waals surface area contributed by atoms with Crippen LogP contribution in [0, 0.1) is 0 Å². The second-order valence-electron chi connectivity index (χ2n) is 37.4. The van der Waals surface area contributed by atoms with Crippen molar-refractivity contribution in [3.05, 3.63) is 356 Å². The summed E-state index contributed by atoms with van der Waals surface area (Å²) in [6.45, 7) is 27.6. The average molecular weight is 1800 g/mol. The molecule has 5 aromatic heterocycles. The zero-order valence-corrected chi connectivity index (χ0v) is 79.0. The van der Waals surface area contributed by atoms with Gasteiger partial charge in [-0.05, 0) is 235 Å². The molecule has 0 aliphatic carbocycles. The third-order valence-electron chi connectivity index (χ3n) is 27.9. The summed E-state index contributed by atoms with van der Waals surface area (Å²) in [5.74, 6) is 0.0492. The van der Waals surface area contributed by atoms with E-state index in [0.717, 1.165) is 64.9 Å². The van der Waals surface area contributed by atoms with E-state index in [-0.39, 0.29) is 45.4 Å². The summed E-state index contributed by atoms with van der Waals surface area (Å²) < 4.78 is 48.3. The largest absolute Gasteiger partial charge is 0.494 e. The van der Waals surface area contributed by atoms with E-state index in [1.165, 1.54) is 107 Å². The first-order valence-corrected chi connectivity index (χ1v) is 48.3. The van der Waals surface area contributed by atoms with Crippen molar-refractivity contribution < 1.29 is 37.5 Å². The Balaban J connectivity index is 0.000000141. The van der Waals surface area contributed by atoms with Gasteiger partial charge in [-0.15, -0.1) is 11.3 Å². The van der Waals surface area contributed by atoms with Crippen molar-refractivity contribution in [1.82, 2.24) is 18.3 Å². The summed E-state index contributed by atoms with van der Waals surface area (Å²) in [5.41, 5.74) is 14.4. The summed E-state index contributed by atoms with van der Waals surface area (Å²) in [7, 11) is -4.30. The number of nitrogens with zero attached hydrogens (tertiary/aromatic N) is 4. The molecule has 0 radical (unpaired) electrons. The summed E-state index contributed by atoms with van der Waals surface area (Å²) in [5, 5.41) is 17.5. The number of hydrogen-bond donors (Lipinski definition) is 0. The molecule has 3 fully saturated rings. The molecule has 0 spiro atoms. The number of hydrogen-bond acceptors (Lipinski definition) is 9. The maximum absolute atomic E-state index is 12.2. The van der Waals surface area contributed by atoms with Gasteiger partial charge < -0.3 is 37.1 Å². The molecule has 18 heteroatoms. The van der Waals surface area contributed by atoms with Crippen LogP contribution in [0.4, 0.5) is 0 Å². The molecular weight excluding hydrogens is 1700 g/mol. The minimum atomic E-state index is -2.94. The third-order valence-corrected chi connectivity index (χ3v) is 34.6. The minimum Gasteiger partial charge on any atom is -0.405 e. The summed E-state index contributed by atoms with van der Waals surface area (Å²) >= 11 is 5.40. The molecule has 20 aromatic rings. The van der Waals surface area contributed by atoms with E-state index in [9.17, 15) is 9.59 Å². The van der Waals surface area contributed by atoms with Crippen molar-refractivity contribution in [2.45, 2.75) is 131 Å². The Morgan fingerprint density at radius 2 is 0.638 bits per heavy atom. The highest BCUT2D eigenvalue weighted by molar-refractivity contribution is 9.10. The fourth-order valence-electron chi connectivity index (χ4n) is 19.3. The molecule has 0 saturated carbocycles. The molecule has 0 atom stereocenters. The van der Waals surface area contributed by atoms with Crippen LogP contribution in [-0.2, 0) is 27.9 Å². The molecule has 3 aliphatic heterocycles. The Kier molecular flexibility index (Phi) is 21.8. The normalized spacial score (nSPS) is 16.0. The van der Waals surface area contributed by atoms with Crippen molar-refractivity contribution in [2.24, 2.45) is 0 Å². The van der Waals surface area contributed by atoms with Gasteiger partial charge in [-0.3, -0.25) is 18.7 Å². The predicted octanol–water partition coefficient (Wildman–Crippen LogP) is 25.2. The Bertz CT molecular complexity index is 7690. The lowest BCUT2D eigenvalue weighted by Gasteiger charge is -2.35. The molecule has 0 N–H and O–H groups in total. The van der Waals surface area contributed by atoms with E-state index in [4.69, 9.17) is 27.9 Å². The van der Waals surface area contributed by atoms with E-state index in [1.807, 2.05) is 167 Å². The number of rotatable bonds is 10. The molecule has 0 unspecified atom stereocenters. The number of benzene rings is 15. The summed E-state index contributed by atoms with van der Waals surface area (Å²) in [4.78, 5) is 23.9. The van der Waals surface area contributed by atoms with E-state index < -0.39 is 29.2 Å². The number of carbonyl (C=O) groups excluding carboxylic acids is 2. The number of aromatic nitrogens is 4. The fraction of sp³-hybridized carbons (Fsp3) is 0.179. The molecule has 23 rings (SSSR count). The molecule has 130 heavy (non-hydrogen) atoms. The van der Waals surface area contributed by atoms with Crippen molar-refractivity contribution >= 4 is 202 Å². The number of halogens is 1. The van der Waals surface area contributed by atoms with Crippen LogP contribution in [0.25, 0.3) is 141 Å². The van der Waals surface area contributed by atoms with Crippen LogP contribution >= 0.6 is 27.3 Å². The quantitative estimate of drug-likeness (QED) is 0.0984. The van der Waals surface area contributed by atoms with Gasteiger partial charge in [0.15, 0.2) is 8.07 Å². The lowest BCUT2D eigenvalue weighted by molar-refractivity contribution is 0.00578. The van der Waals surface area contributed by atoms with Crippen LogP contribution in [0.15, 0.2) is 356 Å². The maximum atomic E-state index is 12.2. The first-order chi connectivity index (χ1) is 62.5. The first-order valence-electron chi connectivity index (χ1n) is 44.7. The van der Waals surface area contributed by atoms with Crippen molar-refractivity contribution in [3.8, 4) is 33.6 Å². The van der Waals surface area contributed by atoms with Gasteiger partial charge >= 0.3 is 21.1 Å². The van der Waals surface area contributed by atoms with Gasteiger partial charge in [-0.1, -0.05) is 265 Å². The van der Waals surface area contributed by atoms with Gasteiger partial charge in [0.2, 0.25) is 11.8 Å². The smallest absolute Gasteiger partial charge is 0.405 e. The topological polar surface area (TPSA) is 109 Å². The van der Waals surface area contributed by atoms with Crippen LogP contribution in [0.3, 0.4) is 0 Å². The van der Waals surface area contributed by atoms with Crippen molar-refractivity contribution in [2.75, 3.05) is 0 Å². The predicted molar refractivity (Wildman–Crippen MR) is 550 cm³/mol. The van der Waals surface area contributed by atoms with E-state index in [0.29, 0.717) is 0 Å². The Morgan fingerprint density at radius 1 is 0.292 bits per heavy atom. The minimum absolute atomic E-state index is 0.00887. The van der Waals surface area contributed by atoms with Gasteiger partial charge in [-0.2, -0.15) is 0 Å². The monoisotopic (exact) mass is 1800 g/mol. The third kappa shape index (κ3) is 14.7. The zero-order chi connectivity index (χ0) is 90.1. The second-order valence-corrected chi connectivity index (χ2v) is 43.2. The molecule has 8 heterocycles. The molecular formula is C112H100B3BrN4O8SSi. The molecule has 0 bridgehead atoms. The van der Waals surface area contributed by atoms with Gasteiger partial charge in [0.1, 0.15) is 0 Å². The number of thiophene rings is 1. The summed E-state index contributed by atoms with van der Waals surface area (Å²) in [6.07, 6.45) is 0. The number of fused-ring (bicyclic) bond motifs is 15. The Hall–Kier alpha value is -12.3. The van der Waals surface area contributed by atoms with Crippen molar-refractivity contribution in [1.29, 1.82) is 0 Å². The van der Waals surface area contributed by atoms with Crippen LogP contribution in [0.5, 0.6) is 0 Å². The standard InChI is InChI=1S/C66H44N2SSi.C20H22BNO3.C14H10BrNO.C12H24B2O4/c1-3-24-51(25-4-1)70(52-26-5-2-6-27-52,65-38-18-33-58-57-32-10-14-37-64(57)69-66(58)65)53-28-17-23-50(44-53)68-62-36-13-9-31-56(62)59-43-48(39-40-63(59)68)46-20-15-19-45(41-46)47-21-16-22-49(42-47)67-60-34-11-7-29-54(60)55-30-8-12-35-61(55)67;1-13(23)22-17-9-7-6-8-15(17)16-12-14(10-11-18(16)22)21-24-19(2,3)20(4,5)25-21;1-9(17)16-13-5-3-2-4-11(13)12-8-10(15)6-7-14(12)16;1-9(2)10(3,4)16-13(15-9)14-17-11(5,6)12(7,8)18-14/h1-44H;6-12H,1-5H3;2-8H,1H3;1-8H3. The lowest BCUT2D eigenvalue weighted by atomic mass is 9.49. The Labute approximate surface area is 772 Å². The Morgan fingerprint density at radius 3 is 1.15 bits per heavy atom. The second kappa shape index (κ2) is 33.0. The molecule has 642 valence electrons. The van der Waals surface area contributed by atoms with Crippen LogP contribution in [0.1, 0.15) is 107 Å². The zero-order valence-electron chi connectivity index (χ0n) is 75.6. The van der Waals surface area contributed by atoms with E-state index >= 15 is 0 Å². The van der Waals surface area contributed by atoms with Crippen LogP contribution in [-0.4, -0.2) is 92.9 Å². The fourth-order valence-corrected chi connectivity index (χ4v) is 26.3. The van der Waals surface area contributed by atoms with E-state index in [2.05, 4.69) is 304 Å². The van der Waals surface area contributed by atoms with Gasteiger partial charge in [-0.25, -0.2) is 0 Å². The highest BCUT2D eigenvalue weighted by atomic mass is 79.9. The van der Waals surface area contributed by atoms with Crippen LogP contribution < -0.4 is 26.2 Å². The maximum Gasteiger partial charge on any atom is 0.494 e. The van der Waals surface area contributed by atoms with Gasteiger partial charge in [0.25, 0.3) is 0 Å². The molecule has 15 aromatic carbocycles. The highest BCUT2D eigenvalue weighted by Crippen LogP contribution is 2.46.